The summed E-state index contributed by atoms with van der Waals surface area (Å²) < 4.78 is 40.2. The Morgan fingerprint density at radius 2 is 1.67 bits per heavy atom. The summed E-state index contributed by atoms with van der Waals surface area (Å²) in [5.41, 5.74) is 0.611. The van der Waals surface area contributed by atoms with E-state index in [9.17, 15) is 8.42 Å². The third-order valence-electron chi connectivity index (χ3n) is 4.15. The number of aromatic nitrogens is 4. The molecule has 4 rings (SSSR count). The average Bonchev–Trinajstić information content (AvgIpc) is 3.13. The number of nitrogens with zero attached hydrogens (tertiary/aromatic N) is 4. The van der Waals surface area contributed by atoms with Crippen molar-refractivity contribution in [2.75, 3.05) is 13.2 Å². The second-order valence-corrected chi connectivity index (χ2v) is 8.09. The first-order chi connectivity index (χ1) is 14.5. The third-order valence-corrected chi connectivity index (χ3v) is 5.63. The number of hydrogen-bond donors (Lipinski definition) is 1. The zero-order chi connectivity index (χ0) is 21.0. The number of rotatable bonds is 8. The van der Waals surface area contributed by atoms with Crippen LogP contribution in [0.1, 0.15) is 5.82 Å². The van der Waals surface area contributed by atoms with Gasteiger partial charge >= 0.3 is 0 Å². The zero-order valence-corrected chi connectivity index (χ0v) is 16.9. The highest BCUT2D eigenvalue weighted by molar-refractivity contribution is 7.89. The molecule has 2 heterocycles. The fourth-order valence-corrected chi connectivity index (χ4v) is 3.70. The summed E-state index contributed by atoms with van der Waals surface area (Å²) in [5.74, 6) is 2.22. The van der Waals surface area contributed by atoms with Crippen LogP contribution in [0, 0.1) is 6.92 Å². The van der Waals surface area contributed by atoms with Crippen molar-refractivity contribution in [2.45, 2.75) is 11.8 Å². The van der Waals surface area contributed by atoms with E-state index >= 15 is 0 Å². The van der Waals surface area contributed by atoms with E-state index in [0.717, 1.165) is 0 Å². The molecule has 0 fully saturated rings. The molecule has 154 valence electrons. The lowest BCUT2D eigenvalue weighted by molar-refractivity contribution is 0.305. The Bertz CT molecular complexity index is 1240. The summed E-state index contributed by atoms with van der Waals surface area (Å²) in [6, 6.07) is 18.8. The third kappa shape index (κ3) is 4.56. The minimum Gasteiger partial charge on any atom is -0.475 e. The van der Waals surface area contributed by atoms with Gasteiger partial charge in [0, 0.05) is 12.6 Å². The zero-order valence-electron chi connectivity index (χ0n) is 16.1. The fraction of sp³-hybridized carbons (Fsp3) is 0.150. The first kappa shape index (κ1) is 19.8. The minimum absolute atomic E-state index is 0.0888. The highest BCUT2D eigenvalue weighted by Crippen LogP contribution is 2.22. The molecular weight excluding hydrogens is 406 g/mol. The number of aryl methyl sites for hydroxylation is 1. The van der Waals surface area contributed by atoms with E-state index in [-0.39, 0.29) is 18.0 Å². The Kier molecular flexibility index (Phi) is 5.59. The number of benzene rings is 2. The van der Waals surface area contributed by atoms with Gasteiger partial charge in [0.15, 0.2) is 11.5 Å². The van der Waals surface area contributed by atoms with Gasteiger partial charge in [-0.3, -0.25) is 0 Å². The van der Waals surface area contributed by atoms with Crippen molar-refractivity contribution in [1.29, 1.82) is 0 Å². The van der Waals surface area contributed by atoms with Crippen LogP contribution in [0.3, 0.4) is 0 Å². The molecule has 0 bridgehead atoms. The van der Waals surface area contributed by atoms with Gasteiger partial charge in [0.05, 0.1) is 4.90 Å². The van der Waals surface area contributed by atoms with Crippen LogP contribution < -0.4 is 14.2 Å². The van der Waals surface area contributed by atoms with Crippen molar-refractivity contribution in [2.24, 2.45) is 0 Å². The molecule has 30 heavy (non-hydrogen) atoms. The van der Waals surface area contributed by atoms with Crippen LogP contribution in [0.5, 0.6) is 17.4 Å². The number of fused-ring (bicyclic) bond motifs is 1. The maximum Gasteiger partial charge on any atom is 0.240 e. The summed E-state index contributed by atoms with van der Waals surface area (Å²) in [4.78, 5) is 0.141. The molecule has 0 saturated heterocycles. The molecule has 0 unspecified atom stereocenters. The monoisotopic (exact) mass is 425 g/mol. The van der Waals surface area contributed by atoms with Crippen LogP contribution in [0.15, 0.2) is 71.6 Å². The van der Waals surface area contributed by atoms with Crippen molar-refractivity contribution in [3.8, 4) is 17.4 Å². The van der Waals surface area contributed by atoms with Gasteiger partial charge in [0.2, 0.25) is 15.9 Å². The van der Waals surface area contributed by atoms with Gasteiger partial charge < -0.3 is 9.47 Å². The number of para-hydroxylation sites is 1. The summed E-state index contributed by atoms with van der Waals surface area (Å²) in [5, 5.41) is 12.1. The molecule has 0 amide bonds. The maximum atomic E-state index is 12.5. The molecule has 10 heteroatoms. The number of ether oxygens (including phenoxy) is 2. The Labute approximate surface area is 173 Å². The van der Waals surface area contributed by atoms with Crippen LogP contribution in [0.25, 0.3) is 5.65 Å². The molecule has 9 nitrogen and oxygen atoms in total. The van der Waals surface area contributed by atoms with Gasteiger partial charge in [-0.05, 0) is 49.4 Å². The van der Waals surface area contributed by atoms with Crippen molar-refractivity contribution in [1.82, 2.24) is 24.5 Å². The largest absolute Gasteiger partial charge is 0.475 e. The molecule has 2 aromatic heterocycles. The Balaban J connectivity index is 1.31. The topological polar surface area (TPSA) is 108 Å². The quantitative estimate of drug-likeness (QED) is 0.432. The molecule has 1 N–H and O–H groups in total. The van der Waals surface area contributed by atoms with E-state index in [1.54, 1.807) is 35.7 Å². The summed E-state index contributed by atoms with van der Waals surface area (Å²) in [6.45, 7) is 1.99. The summed E-state index contributed by atoms with van der Waals surface area (Å²) >= 11 is 0. The minimum atomic E-state index is -3.67. The van der Waals surface area contributed by atoms with Gasteiger partial charge in [-0.15, -0.1) is 15.3 Å². The molecule has 0 spiro atoms. The van der Waals surface area contributed by atoms with E-state index in [1.807, 2.05) is 30.3 Å². The van der Waals surface area contributed by atoms with Crippen LogP contribution >= 0.6 is 0 Å². The van der Waals surface area contributed by atoms with E-state index in [1.165, 1.54) is 12.1 Å². The first-order valence-corrected chi connectivity index (χ1v) is 10.6. The van der Waals surface area contributed by atoms with Crippen molar-refractivity contribution in [3.05, 3.63) is 72.6 Å². The van der Waals surface area contributed by atoms with E-state index in [2.05, 4.69) is 20.0 Å². The second kappa shape index (κ2) is 8.47. The molecule has 0 aliphatic heterocycles. The normalized spacial score (nSPS) is 11.5. The Morgan fingerprint density at radius 1 is 0.933 bits per heavy atom. The Morgan fingerprint density at radius 3 is 2.43 bits per heavy atom. The van der Waals surface area contributed by atoms with Gasteiger partial charge in [-0.2, -0.15) is 4.52 Å². The smallest absolute Gasteiger partial charge is 0.240 e. The maximum absolute atomic E-state index is 12.5. The molecule has 0 aliphatic rings. The Hall–Kier alpha value is -3.50. The number of hydrogen-bond acceptors (Lipinski definition) is 7. The van der Waals surface area contributed by atoms with Crippen LogP contribution in [0.2, 0.25) is 0 Å². The first-order valence-electron chi connectivity index (χ1n) is 9.16. The highest BCUT2D eigenvalue weighted by Gasteiger charge is 2.14. The summed E-state index contributed by atoms with van der Waals surface area (Å²) in [6.07, 6.45) is 0. The van der Waals surface area contributed by atoms with Crippen LogP contribution in [-0.4, -0.2) is 41.4 Å². The van der Waals surface area contributed by atoms with Gasteiger partial charge in [0.25, 0.3) is 0 Å². The van der Waals surface area contributed by atoms with Crippen molar-refractivity contribution < 1.29 is 17.9 Å². The van der Waals surface area contributed by atoms with Gasteiger partial charge in [-0.25, -0.2) is 13.1 Å². The predicted octanol–water partition coefficient (Wildman–Crippen LogP) is 2.58. The number of nitrogens with one attached hydrogen (secondary N) is 1. The summed E-state index contributed by atoms with van der Waals surface area (Å²) in [7, 11) is -3.67. The lowest BCUT2D eigenvalue weighted by Gasteiger charge is -2.09. The predicted molar refractivity (Wildman–Crippen MR) is 109 cm³/mol. The lowest BCUT2D eigenvalue weighted by atomic mass is 10.3. The van der Waals surface area contributed by atoms with Crippen molar-refractivity contribution in [3.63, 3.8) is 0 Å². The molecule has 0 atom stereocenters. The molecule has 2 aromatic carbocycles. The van der Waals surface area contributed by atoms with Crippen LogP contribution in [-0.2, 0) is 10.0 Å². The van der Waals surface area contributed by atoms with Crippen molar-refractivity contribution >= 4 is 15.7 Å². The van der Waals surface area contributed by atoms with Gasteiger partial charge in [0.1, 0.15) is 18.1 Å². The average molecular weight is 425 g/mol. The highest BCUT2D eigenvalue weighted by atomic mass is 32.2. The molecule has 0 radical (unpaired) electrons. The SMILES string of the molecule is Cc1nnc2ccc(OCCNS(=O)(=O)c3ccc(Oc4ccccc4)cc3)nn12. The molecule has 4 aromatic rings. The standard InChI is InChI=1S/C20H19N5O4S/c1-15-22-23-19-11-12-20(24-25(15)19)28-14-13-21-30(26,27)18-9-7-17(8-10-18)29-16-5-3-2-4-6-16/h2-12,21H,13-14H2,1H3. The van der Waals surface area contributed by atoms with E-state index in [0.29, 0.717) is 28.9 Å². The fourth-order valence-electron chi connectivity index (χ4n) is 2.68. The second-order valence-electron chi connectivity index (χ2n) is 6.32. The molecule has 0 aliphatic carbocycles. The van der Waals surface area contributed by atoms with E-state index < -0.39 is 10.0 Å². The van der Waals surface area contributed by atoms with Crippen LogP contribution in [0.4, 0.5) is 0 Å². The van der Waals surface area contributed by atoms with E-state index in [4.69, 9.17) is 9.47 Å². The van der Waals surface area contributed by atoms with Gasteiger partial charge in [-0.1, -0.05) is 18.2 Å². The lowest BCUT2D eigenvalue weighted by Crippen LogP contribution is -2.28. The molecular formula is C20H19N5O4S. The molecule has 0 saturated carbocycles. The number of sulfonamides is 1.